The maximum absolute atomic E-state index is 12.5. The Hall–Kier alpha value is -3.13. The molecule has 2 aromatic heterocycles. The fraction of sp³-hybridized carbons (Fsp3) is 0.118. The van der Waals surface area contributed by atoms with Crippen molar-refractivity contribution in [1.29, 1.82) is 0 Å². The third-order valence-electron chi connectivity index (χ3n) is 3.43. The summed E-state index contributed by atoms with van der Waals surface area (Å²) < 4.78 is 4.91. The van der Waals surface area contributed by atoms with E-state index in [1.807, 2.05) is 30.3 Å². The lowest BCUT2D eigenvalue weighted by Gasteiger charge is -2.19. The molecule has 3 aromatic rings. The predicted octanol–water partition coefficient (Wildman–Crippen LogP) is 3.98. The highest BCUT2D eigenvalue weighted by Gasteiger charge is 2.23. The van der Waals surface area contributed by atoms with Crippen molar-refractivity contribution in [3.8, 4) is 0 Å². The summed E-state index contributed by atoms with van der Waals surface area (Å²) in [5.41, 5.74) is 1.16. The molecule has 128 valence electrons. The Labute approximate surface area is 147 Å². The standard InChI is InChI=1S/C17H15N3O4S/c1-11-9-14(19-24-11)18-16(21)15-13(7-8-25-15)20(17(22)23)10-12-5-3-2-4-6-12/h2-9H,10H2,1H3,(H,22,23)(H,18,19,21). The lowest BCUT2D eigenvalue weighted by atomic mass is 10.2. The molecule has 25 heavy (non-hydrogen) atoms. The number of nitrogens with one attached hydrogen (secondary N) is 1. The normalized spacial score (nSPS) is 10.4. The fourth-order valence-corrected chi connectivity index (χ4v) is 3.10. The number of thiophene rings is 1. The first kappa shape index (κ1) is 16.7. The van der Waals surface area contributed by atoms with Gasteiger partial charge in [0.25, 0.3) is 5.91 Å². The number of nitrogens with zero attached hydrogens (tertiary/aromatic N) is 2. The molecule has 0 bridgehead atoms. The van der Waals surface area contributed by atoms with E-state index >= 15 is 0 Å². The van der Waals surface area contributed by atoms with Gasteiger partial charge in [0.15, 0.2) is 5.82 Å². The van der Waals surface area contributed by atoms with Crippen molar-refractivity contribution in [2.45, 2.75) is 13.5 Å². The van der Waals surface area contributed by atoms with Gasteiger partial charge in [-0.05, 0) is 23.9 Å². The molecule has 0 aliphatic rings. The van der Waals surface area contributed by atoms with Gasteiger partial charge in [-0.3, -0.25) is 9.69 Å². The van der Waals surface area contributed by atoms with Crippen molar-refractivity contribution in [3.63, 3.8) is 0 Å². The van der Waals surface area contributed by atoms with E-state index in [0.717, 1.165) is 21.8 Å². The maximum atomic E-state index is 12.5. The second-order valence-corrected chi connectivity index (χ2v) is 6.18. The second kappa shape index (κ2) is 7.18. The Bertz CT molecular complexity index is 888. The number of hydrogen-bond acceptors (Lipinski definition) is 5. The smallest absolute Gasteiger partial charge is 0.412 e. The summed E-state index contributed by atoms with van der Waals surface area (Å²) in [5.74, 6) is 0.419. The first-order chi connectivity index (χ1) is 12.0. The zero-order valence-corrected chi connectivity index (χ0v) is 14.1. The zero-order valence-electron chi connectivity index (χ0n) is 13.3. The van der Waals surface area contributed by atoms with Crippen LogP contribution in [0.15, 0.2) is 52.4 Å². The van der Waals surface area contributed by atoms with Gasteiger partial charge >= 0.3 is 6.09 Å². The molecule has 0 fully saturated rings. The van der Waals surface area contributed by atoms with Crippen LogP contribution in [0.1, 0.15) is 21.0 Å². The average molecular weight is 357 g/mol. The fourth-order valence-electron chi connectivity index (χ4n) is 2.31. The van der Waals surface area contributed by atoms with E-state index in [4.69, 9.17) is 4.52 Å². The van der Waals surface area contributed by atoms with Crippen LogP contribution < -0.4 is 10.2 Å². The molecule has 3 rings (SSSR count). The summed E-state index contributed by atoms with van der Waals surface area (Å²) in [6.45, 7) is 1.86. The number of amides is 2. The SMILES string of the molecule is Cc1cc(NC(=O)c2sccc2N(Cc2ccccc2)C(=O)O)no1. The second-order valence-electron chi connectivity index (χ2n) is 5.27. The highest BCUT2D eigenvalue weighted by molar-refractivity contribution is 7.12. The van der Waals surface area contributed by atoms with E-state index < -0.39 is 12.0 Å². The number of aromatic nitrogens is 1. The van der Waals surface area contributed by atoms with Gasteiger partial charge in [0.05, 0.1) is 12.2 Å². The van der Waals surface area contributed by atoms with Crippen molar-refractivity contribution >= 4 is 34.8 Å². The molecule has 2 N–H and O–H groups in total. The largest absolute Gasteiger partial charge is 0.465 e. The van der Waals surface area contributed by atoms with Gasteiger partial charge in [-0.15, -0.1) is 11.3 Å². The van der Waals surface area contributed by atoms with Gasteiger partial charge in [0.1, 0.15) is 10.6 Å². The van der Waals surface area contributed by atoms with E-state index in [1.165, 1.54) is 0 Å². The quantitative estimate of drug-likeness (QED) is 0.720. The number of hydrogen-bond donors (Lipinski definition) is 2. The highest BCUT2D eigenvalue weighted by atomic mass is 32.1. The van der Waals surface area contributed by atoms with E-state index in [9.17, 15) is 14.7 Å². The van der Waals surface area contributed by atoms with Crippen LogP contribution in [0, 0.1) is 6.92 Å². The minimum absolute atomic E-state index is 0.149. The Morgan fingerprint density at radius 1 is 1.28 bits per heavy atom. The van der Waals surface area contributed by atoms with Gasteiger partial charge in [-0.25, -0.2) is 4.79 Å². The van der Waals surface area contributed by atoms with Crippen LogP contribution in [-0.2, 0) is 6.54 Å². The van der Waals surface area contributed by atoms with E-state index in [0.29, 0.717) is 16.3 Å². The van der Waals surface area contributed by atoms with Crippen molar-refractivity contribution in [2.24, 2.45) is 0 Å². The maximum Gasteiger partial charge on any atom is 0.412 e. The molecule has 1 aromatic carbocycles. The van der Waals surface area contributed by atoms with Crippen LogP contribution in [0.5, 0.6) is 0 Å². The van der Waals surface area contributed by atoms with Gasteiger partial charge in [0, 0.05) is 6.07 Å². The van der Waals surface area contributed by atoms with Crippen LogP contribution >= 0.6 is 11.3 Å². The number of rotatable bonds is 5. The molecule has 7 nitrogen and oxygen atoms in total. The molecule has 0 unspecified atom stereocenters. The van der Waals surface area contributed by atoms with Crippen molar-refractivity contribution in [3.05, 3.63) is 64.0 Å². The van der Waals surface area contributed by atoms with Crippen LogP contribution in [0.25, 0.3) is 0 Å². The molecule has 0 radical (unpaired) electrons. The highest BCUT2D eigenvalue weighted by Crippen LogP contribution is 2.29. The number of benzene rings is 1. The molecular formula is C17H15N3O4S. The Morgan fingerprint density at radius 2 is 2.04 bits per heavy atom. The number of anilines is 2. The zero-order chi connectivity index (χ0) is 17.8. The van der Waals surface area contributed by atoms with Gasteiger partial charge in [-0.2, -0.15) is 0 Å². The minimum atomic E-state index is -1.13. The minimum Gasteiger partial charge on any atom is -0.465 e. The average Bonchev–Trinajstić information content (AvgIpc) is 3.22. The molecule has 0 saturated carbocycles. The predicted molar refractivity (Wildman–Crippen MR) is 94.2 cm³/mol. The topological polar surface area (TPSA) is 95.7 Å². The van der Waals surface area contributed by atoms with Crippen LogP contribution in [0.4, 0.5) is 16.3 Å². The van der Waals surface area contributed by atoms with Crippen molar-refractivity contribution in [1.82, 2.24) is 5.16 Å². The summed E-state index contributed by atoms with van der Waals surface area (Å²) in [6, 6.07) is 12.4. The van der Waals surface area contributed by atoms with Crippen LogP contribution in [-0.4, -0.2) is 22.3 Å². The molecule has 0 spiro atoms. The third-order valence-corrected chi connectivity index (χ3v) is 4.33. The molecule has 0 aliphatic carbocycles. The first-order valence-electron chi connectivity index (χ1n) is 7.41. The Morgan fingerprint density at radius 3 is 2.68 bits per heavy atom. The van der Waals surface area contributed by atoms with Gasteiger partial charge < -0.3 is 14.9 Å². The number of carbonyl (C=O) groups is 2. The summed E-state index contributed by atoms with van der Waals surface area (Å²) in [5, 5.41) is 17.6. The monoisotopic (exact) mass is 357 g/mol. The Kier molecular flexibility index (Phi) is 4.80. The molecule has 0 saturated heterocycles. The lowest BCUT2D eigenvalue weighted by molar-refractivity contribution is 0.103. The first-order valence-corrected chi connectivity index (χ1v) is 8.29. The van der Waals surface area contributed by atoms with Crippen molar-refractivity contribution in [2.75, 3.05) is 10.2 Å². The number of carbonyl (C=O) groups excluding carboxylic acids is 1. The molecule has 8 heteroatoms. The van der Waals surface area contributed by atoms with E-state index in [2.05, 4.69) is 10.5 Å². The molecule has 2 heterocycles. The molecule has 2 amide bonds. The van der Waals surface area contributed by atoms with E-state index in [1.54, 1.807) is 24.4 Å². The van der Waals surface area contributed by atoms with Crippen molar-refractivity contribution < 1.29 is 19.2 Å². The van der Waals surface area contributed by atoms with E-state index in [-0.39, 0.29) is 12.4 Å². The summed E-state index contributed by atoms with van der Waals surface area (Å²) in [4.78, 5) is 25.6. The third kappa shape index (κ3) is 3.86. The number of carboxylic acid groups (broad SMARTS) is 1. The molecule has 0 atom stereocenters. The van der Waals surface area contributed by atoms with Gasteiger partial charge in [0.2, 0.25) is 0 Å². The van der Waals surface area contributed by atoms with Gasteiger partial charge in [-0.1, -0.05) is 35.5 Å². The number of aryl methyl sites for hydroxylation is 1. The lowest BCUT2D eigenvalue weighted by Crippen LogP contribution is -2.30. The summed E-state index contributed by atoms with van der Waals surface area (Å²) >= 11 is 1.16. The summed E-state index contributed by atoms with van der Waals surface area (Å²) in [7, 11) is 0. The molecular weight excluding hydrogens is 342 g/mol. The summed E-state index contributed by atoms with van der Waals surface area (Å²) in [6.07, 6.45) is -1.13. The molecule has 0 aliphatic heterocycles. The van der Waals surface area contributed by atoms with Crippen LogP contribution in [0.3, 0.4) is 0 Å². The Balaban J connectivity index is 1.84. The van der Waals surface area contributed by atoms with Crippen LogP contribution in [0.2, 0.25) is 0 Å².